The highest BCUT2D eigenvalue weighted by atomic mass is 16.6. The van der Waals surface area contributed by atoms with E-state index in [1.165, 1.54) is 17.4 Å². The fourth-order valence-corrected chi connectivity index (χ4v) is 3.29. The molecule has 162 valence electrons. The van der Waals surface area contributed by atoms with Crippen LogP contribution in [0.2, 0.25) is 0 Å². The lowest BCUT2D eigenvalue weighted by Gasteiger charge is -2.17. The lowest BCUT2D eigenvalue weighted by atomic mass is 10.0. The Hall–Kier alpha value is -2.96. The van der Waals surface area contributed by atoms with Crippen LogP contribution in [0.15, 0.2) is 58.0 Å². The van der Waals surface area contributed by atoms with Gasteiger partial charge >= 0.3 is 5.69 Å². The van der Waals surface area contributed by atoms with Crippen molar-refractivity contribution in [1.82, 2.24) is 14.6 Å². The smallest absolute Gasteiger partial charge is 0.328 e. The summed E-state index contributed by atoms with van der Waals surface area (Å²) in [6.45, 7) is -0.217. The topological polar surface area (TPSA) is 180 Å². The van der Waals surface area contributed by atoms with Crippen molar-refractivity contribution in [3.63, 3.8) is 0 Å². The van der Waals surface area contributed by atoms with E-state index < -0.39 is 42.3 Å². The molecule has 2 heterocycles. The predicted molar refractivity (Wildman–Crippen MR) is 106 cm³/mol. The number of nitrogens with one attached hydrogen (secondary N) is 1. The average molecular weight is 419 g/mol. The van der Waals surface area contributed by atoms with Crippen molar-refractivity contribution in [3.8, 4) is 0 Å². The molecular weight excluding hydrogens is 394 g/mol. The molecule has 0 bridgehead atoms. The number of aliphatic hydroxyl groups excluding tert-OH is 3. The van der Waals surface area contributed by atoms with E-state index in [9.17, 15) is 24.9 Å². The van der Waals surface area contributed by atoms with Crippen LogP contribution in [-0.4, -0.2) is 54.8 Å². The quantitative estimate of drug-likeness (QED) is 0.216. The van der Waals surface area contributed by atoms with Crippen LogP contribution in [0, 0.1) is 0 Å². The zero-order valence-electron chi connectivity index (χ0n) is 16.1. The van der Waals surface area contributed by atoms with Crippen molar-refractivity contribution in [1.29, 1.82) is 0 Å². The van der Waals surface area contributed by atoms with Gasteiger partial charge in [-0.1, -0.05) is 30.3 Å². The summed E-state index contributed by atoms with van der Waals surface area (Å²) in [6.07, 6.45) is -2.38. The summed E-state index contributed by atoms with van der Waals surface area (Å²) in [4.78, 5) is 26.5. The third-order valence-corrected chi connectivity index (χ3v) is 4.78. The molecule has 1 aromatic carbocycles. The van der Waals surface area contributed by atoms with Crippen molar-refractivity contribution in [2.45, 2.75) is 37.5 Å². The number of allylic oxidation sites excluding steroid dienone is 1. The zero-order valence-corrected chi connectivity index (χ0v) is 16.1. The van der Waals surface area contributed by atoms with Gasteiger partial charge in [-0.3, -0.25) is 14.3 Å². The molecule has 0 amide bonds. The highest BCUT2D eigenvalue weighted by molar-refractivity contribution is 5.16. The first kappa shape index (κ1) is 21.7. The lowest BCUT2D eigenvalue weighted by Crippen LogP contribution is -2.37. The van der Waals surface area contributed by atoms with Gasteiger partial charge in [-0.05, 0) is 5.56 Å². The van der Waals surface area contributed by atoms with E-state index in [-0.39, 0.29) is 17.8 Å². The molecular formula is C19H25N5O6. The number of aromatic amines is 1. The minimum absolute atomic E-state index is 0.0706. The van der Waals surface area contributed by atoms with Gasteiger partial charge in [-0.2, -0.15) is 0 Å². The van der Waals surface area contributed by atoms with Crippen LogP contribution in [0.4, 0.5) is 0 Å². The van der Waals surface area contributed by atoms with Gasteiger partial charge in [0.05, 0.1) is 25.3 Å². The Kier molecular flexibility index (Phi) is 6.70. The summed E-state index contributed by atoms with van der Waals surface area (Å²) in [5, 5.41) is 30.6. The molecule has 8 N–H and O–H groups in total. The fourth-order valence-electron chi connectivity index (χ4n) is 3.29. The Morgan fingerprint density at radius 3 is 2.57 bits per heavy atom. The molecule has 1 saturated heterocycles. The summed E-state index contributed by atoms with van der Waals surface area (Å²) >= 11 is 0. The van der Waals surface area contributed by atoms with Crippen molar-refractivity contribution < 1.29 is 20.1 Å². The van der Waals surface area contributed by atoms with E-state index in [0.29, 0.717) is 6.54 Å². The van der Waals surface area contributed by atoms with Crippen molar-refractivity contribution in [3.05, 3.63) is 80.4 Å². The summed E-state index contributed by atoms with van der Waals surface area (Å²) in [5.41, 5.74) is 5.67. The summed E-state index contributed by atoms with van der Waals surface area (Å²) in [5.74, 6) is 5.94. The maximum absolute atomic E-state index is 12.2. The molecule has 0 radical (unpaired) electrons. The first-order valence-electron chi connectivity index (χ1n) is 9.27. The van der Waals surface area contributed by atoms with E-state index in [1.54, 1.807) is 0 Å². The number of nitrogens with zero attached hydrogens (tertiary/aromatic N) is 2. The molecule has 2 aromatic rings. The number of H-pyrrole nitrogens is 1. The highest BCUT2D eigenvalue weighted by Gasteiger charge is 2.44. The summed E-state index contributed by atoms with van der Waals surface area (Å²) < 4.78 is 6.51. The number of aromatic nitrogens is 2. The van der Waals surface area contributed by atoms with Crippen LogP contribution in [0.3, 0.4) is 0 Å². The summed E-state index contributed by atoms with van der Waals surface area (Å²) in [6, 6.07) is 9.47. The minimum atomic E-state index is -1.44. The van der Waals surface area contributed by atoms with E-state index in [4.69, 9.17) is 16.3 Å². The number of aliphatic hydroxyl groups is 3. The second kappa shape index (κ2) is 9.24. The molecule has 1 aromatic heterocycles. The van der Waals surface area contributed by atoms with Crippen LogP contribution in [0.25, 0.3) is 0 Å². The molecule has 4 unspecified atom stereocenters. The van der Waals surface area contributed by atoms with Crippen LogP contribution in [-0.2, 0) is 17.8 Å². The number of rotatable bonds is 7. The number of ether oxygens (including phenoxy) is 1. The Morgan fingerprint density at radius 2 is 1.93 bits per heavy atom. The lowest BCUT2D eigenvalue weighted by molar-refractivity contribution is -0.0233. The molecule has 1 fully saturated rings. The number of hydrazine groups is 1. The van der Waals surface area contributed by atoms with Gasteiger partial charge in [0.25, 0.3) is 5.56 Å². The van der Waals surface area contributed by atoms with Gasteiger partial charge in [-0.15, -0.1) is 0 Å². The third-order valence-electron chi connectivity index (χ3n) is 4.78. The molecule has 0 spiro atoms. The summed E-state index contributed by atoms with van der Waals surface area (Å²) in [7, 11) is 0. The molecule has 0 saturated carbocycles. The van der Waals surface area contributed by atoms with E-state index in [1.807, 2.05) is 30.3 Å². The second-order valence-electron chi connectivity index (χ2n) is 7.09. The second-order valence-corrected chi connectivity index (χ2v) is 7.09. The van der Waals surface area contributed by atoms with Crippen LogP contribution < -0.4 is 22.8 Å². The molecule has 0 aliphatic carbocycles. The van der Waals surface area contributed by atoms with Gasteiger partial charge in [0.15, 0.2) is 0 Å². The number of hydrogen-bond acceptors (Lipinski definition) is 9. The Labute approximate surface area is 171 Å². The van der Waals surface area contributed by atoms with E-state index in [0.717, 1.165) is 10.1 Å². The number of nitrogens with two attached hydrogens (primary N) is 2. The predicted octanol–water partition coefficient (Wildman–Crippen LogP) is -2.13. The van der Waals surface area contributed by atoms with Crippen LogP contribution >= 0.6 is 0 Å². The van der Waals surface area contributed by atoms with Gasteiger partial charge in [0, 0.05) is 18.1 Å². The maximum Gasteiger partial charge on any atom is 0.328 e. The molecule has 1 aliphatic rings. The van der Waals surface area contributed by atoms with Gasteiger partial charge in [-0.25, -0.2) is 10.6 Å². The molecule has 30 heavy (non-hydrogen) atoms. The van der Waals surface area contributed by atoms with Crippen molar-refractivity contribution in [2.75, 3.05) is 6.61 Å². The van der Waals surface area contributed by atoms with E-state index in [2.05, 4.69) is 4.98 Å². The molecule has 11 heteroatoms. The number of benzene rings is 1. The molecule has 3 rings (SSSR count). The van der Waals surface area contributed by atoms with Gasteiger partial charge in [0.1, 0.15) is 24.4 Å². The number of hydrogen-bond donors (Lipinski definition) is 6. The van der Waals surface area contributed by atoms with Gasteiger partial charge < -0.3 is 30.8 Å². The highest BCUT2D eigenvalue weighted by Crippen LogP contribution is 2.31. The molecule has 1 aliphatic heterocycles. The fraction of sp³-hybridized carbons (Fsp3) is 0.368. The third kappa shape index (κ3) is 4.78. The van der Waals surface area contributed by atoms with Crippen molar-refractivity contribution >= 4 is 0 Å². The van der Waals surface area contributed by atoms with Crippen molar-refractivity contribution in [2.24, 2.45) is 11.6 Å². The average Bonchev–Trinajstić information content (AvgIpc) is 2.99. The molecule has 4 atom stereocenters. The standard InChI is InChI=1S/C19H25N5O6/c20-12(8-24(21)6-11-4-2-1-3-5-11)7-23-9-13(18(28)22-19(23)29)17-16(27)15(26)14(10-25)30-17/h1-5,8-9,14-17,25-27H,6-7,10,20-21H2,(H,22,28,29)/b12-8-. The van der Waals surface area contributed by atoms with Gasteiger partial charge in [0.2, 0.25) is 0 Å². The van der Waals surface area contributed by atoms with Crippen LogP contribution in [0.1, 0.15) is 17.2 Å². The first-order valence-corrected chi connectivity index (χ1v) is 9.27. The Balaban J connectivity index is 1.79. The first-order chi connectivity index (χ1) is 14.3. The van der Waals surface area contributed by atoms with Crippen LogP contribution in [0.5, 0.6) is 0 Å². The minimum Gasteiger partial charge on any atom is -0.399 e. The zero-order chi connectivity index (χ0) is 21.8. The maximum atomic E-state index is 12.2. The largest absolute Gasteiger partial charge is 0.399 e. The SMILES string of the molecule is N/C(=C\N(N)Cc1ccccc1)Cn1cc(C2OC(CO)C(O)C2O)c(=O)[nH]c1=O. The Morgan fingerprint density at radius 1 is 1.23 bits per heavy atom. The van der Waals surface area contributed by atoms with E-state index >= 15 is 0 Å². The monoisotopic (exact) mass is 419 g/mol. The normalized spacial score (nSPS) is 24.2. The molecule has 11 nitrogen and oxygen atoms in total. The Bertz CT molecular complexity index is 1000.